The summed E-state index contributed by atoms with van der Waals surface area (Å²) in [7, 11) is -2.20. The van der Waals surface area contributed by atoms with Gasteiger partial charge in [-0.05, 0) is 49.0 Å². The molecule has 0 saturated carbocycles. The fraction of sp³-hybridized carbons (Fsp3) is 0.278. The van der Waals surface area contributed by atoms with Crippen LogP contribution in [0.5, 0.6) is 0 Å². The summed E-state index contributed by atoms with van der Waals surface area (Å²) in [6.45, 7) is 4.18. The van der Waals surface area contributed by atoms with E-state index in [1.165, 1.54) is 31.3 Å². The molecule has 0 heterocycles. The van der Waals surface area contributed by atoms with Crippen molar-refractivity contribution in [2.45, 2.75) is 24.2 Å². The highest BCUT2D eigenvalue weighted by atomic mass is 35.5. The summed E-state index contributed by atoms with van der Waals surface area (Å²) >= 11 is 12.5. The number of carbonyl (C=O) groups is 1. The number of amides is 1. The second-order valence-electron chi connectivity index (χ2n) is 6.40. The summed E-state index contributed by atoms with van der Waals surface area (Å²) in [5.41, 5.74) is 0.640. The molecule has 26 heavy (non-hydrogen) atoms. The molecule has 5 nitrogen and oxygen atoms in total. The lowest BCUT2D eigenvalue weighted by molar-refractivity contribution is 0.0945. The zero-order valence-electron chi connectivity index (χ0n) is 14.6. The molecule has 2 aromatic carbocycles. The van der Waals surface area contributed by atoms with E-state index in [0.717, 1.165) is 5.56 Å². The fourth-order valence-corrected chi connectivity index (χ4v) is 4.18. The first-order chi connectivity index (χ1) is 12.1. The highest BCUT2D eigenvalue weighted by Crippen LogP contribution is 2.35. The normalized spacial score (nSPS) is 12.0. The minimum Gasteiger partial charge on any atom is -0.351 e. The zero-order valence-corrected chi connectivity index (χ0v) is 17.0. The first-order valence-corrected chi connectivity index (χ1v) is 10.1. The third kappa shape index (κ3) is 4.57. The van der Waals surface area contributed by atoms with Crippen LogP contribution in [0.15, 0.2) is 47.4 Å². The van der Waals surface area contributed by atoms with Gasteiger partial charge in [-0.1, -0.05) is 43.1 Å². The molecule has 0 aliphatic rings. The van der Waals surface area contributed by atoms with E-state index in [9.17, 15) is 13.2 Å². The molecule has 2 N–H and O–H groups in total. The summed E-state index contributed by atoms with van der Waals surface area (Å²) in [4.78, 5) is 12.5. The maximum Gasteiger partial charge on any atom is 0.251 e. The Morgan fingerprint density at radius 2 is 1.58 bits per heavy atom. The van der Waals surface area contributed by atoms with E-state index in [4.69, 9.17) is 23.2 Å². The van der Waals surface area contributed by atoms with E-state index < -0.39 is 15.4 Å². The van der Waals surface area contributed by atoms with Crippen molar-refractivity contribution in [3.63, 3.8) is 0 Å². The molecule has 0 bridgehead atoms. The molecule has 140 valence electrons. The van der Waals surface area contributed by atoms with Crippen molar-refractivity contribution in [3.05, 3.63) is 63.6 Å². The minimum atomic E-state index is -3.53. The Labute approximate surface area is 163 Å². The Balaban J connectivity index is 2.13. The summed E-state index contributed by atoms with van der Waals surface area (Å²) in [5.74, 6) is -0.311. The molecule has 0 saturated heterocycles. The molecule has 0 spiro atoms. The van der Waals surface area contributed by atoms with Crippen LogP contribution in [0.2, 0.25) is 10.0 Å². The quantitative estimate of drug-likeness (QED) is 0.757. The van der Waals surface area contributed by atoms with E-state index in [2.05, 4.69) is 10.0 Å². The van der Waals surface area contributed by atoms with Crippen molar-refractivity contribution in [1.82, 2.24) is 10.0 Å². The van der Waals surface area contributed by atoms with Crippen molar-refractivity contribution >= 4 is 39.1 Å². The molecule has 8 heteroatoms. The Kier molecular flexibility index (Phi) is 6.34. The maximum atomic E-state index is 12.4. The number of nitrogens with one attached hydrogen (secondary N) is 2. The molecule has 0 unspecified atom stereocenters. The van der Waals surface area contributed by atoms with Crippen LogP contribution in [0.3, 0.4) is 0 Å². The highest BCUT2D eigenvalue weighted by molar-refractivity contribution is 7.89. The van der Waals surface area contributed by atoms with Gasteiger partial charge in [0.05, 0.1) is 4.90 Å². The number of hydrogen-bond donors (Lipinski definition) is 2. The molecular formula is C18H20Cl2N2O3S. The van der Waals surface area contributed by atoms with Crippen molar-refractivity contribution in [2.75, 3.05) is 13.6 Å². The molecule has 0 aliphatic carbocycles. The topological polar surface area (TPSA) is 75.3 Å². The van der Waals surface area contributed by atoms with Crippen LogP contribution in [-0.2, 0) is 15.4 Å². The van der Waals surface area contributed by atoms with Crippen LogP contribution in [0.25, 0.3) is 0 Å². The summed E-state index contributed by atoms with van der Waals surface area (Å²) in [5, 5.41) is 3.92. The maximum absolute atomic E-state index is 12.4. The Bertz CT molecular complexity index is 890. The van der Waals surface area contributed by atoms with Gasteiger partial charge in [-0.2, -0.15) is 0 Å². The Hall–Kier alpha value is -1.60. The van der Waals surface area contributed by atoms with Gasteiger partial charge in [-0.15, -0.1) is 0 Å². The number of halogens is 2. The van der Waals surface area contributed by atoms with Gasteiger partial charge in [0.25, 0.3) is 5.91 Å². The van der Waals surface area contributed by atoms with E-state index in [1.807, 2.05) is 13.8 Å². The first kappa shape index (κ1) is 20.7. The average molecular weight is 415 g/mol. The largest absolute Gasteiger partial charge is 0.351 e. The van der Waals surface area contributed by atoms with Crippen LogP contribution < -0.4 is 10.0 Å². The molecule has 2 rings (SSSR count). The molecule has 0 atom stereocenters. The van der Waals surface area contributed by atoms with Gasteiger partial charge >= 0.3 is 0 Å². The van der Waals surface area contributed by atoms with Crippen LogP contribution in [0, 0.1) is 0 Å². The van der Waals surface area contributed by atoms with Crippen LogP contribution in [0.4, 0.5) is 0 Å². The van der Waals surface area contributed by atoms with Gasteiger partial charge in [0.1, 0.15) is 0 Å². The van der Waals surface area contributed by atoms with Crippen molar-refractivity contribution in [3.8, 4) is 0 Å². The number of benzene rings is 2. The van der Waals surface area contributed by atoms with Gasteiger partial charge < -0.3 is 5.32 Å². The molecule has 0 fully saturated rings. The van der Waals surface area contributed by atoms with Crippen LogP contribution in [0.1, 0.15) is 29.8 Å². The fourth-order valence-electron chi connectivity index (χ4n) is 2.54. The van der Waals surface area contributed by atoms with Crippen molar-refractivity contribution in [2.24, 2.45) is 0 Å². The molecule has 2 aromatic rings. The van der Waals surface area contributed by atoms with Gasteiger partial charge in [0.15, 0.2) is 0 Å². The van der Waals surface area contributed by atoms with Gasteiger partial charge in [-0.25, -0.2) is 13.1 Å². The van der Waals surface area contributed by atoms with Gasteiger partial charge in [0.2, 0.25) is 10.0 Å². The summed E-state index contributed by atoms with van der Waals surface area (Å²) < 4.78 is 25.7. The number of carbonyl (C=O) groups excluding carboxylic acids is 1. The average Bonchev–Trinajstić information content (AvgIpc) is 2.59. The smallest absolute Gasteiger partial charge is 0.251 e. The molecular weight excluding hydrogens is 395 g/mol. The predicted molar refractivity (Wildman–Crippen MR) is 105 cm³/mol. The third-order valence-electron chi connectivity index (χ3n) is 4.03. The summed E-state index contributed by atoms with van der Waals surface area (Å²) in [6.07, 6.45) is 0. The van der Waals surface area contributed by atoms with E-state index in [1.54, 1.807) is 18.2 Å². The number of hydrogen-bond acceptors (Lipinski definition) is 3. The van der Waals surface area contributed by atoms with Gasteiger partial charge in [0, 0.05) is 27.6 Å². The van der Waals surface area contributed by atoms with Crippen molar-refractivity contribution < 1.29 is 13.2 Å². The molecule has 0 radical (unpaired) electrons. The van der Waals surface area contributed by atoms with Gasteiger partial charge in [-0.3, -0.25) is 4.79 Å². The lowest BCUT2D eigenvalue weighted by Gasteiger charge is -2.27. The lowest BCUT2D eigenvalue weighted by atomic mass is 9.84. The Morgan fingerprint density at radius 3 is 2.08 bits per heavy atom. The lowest BCUT2D eigenvalue weighted by Crippen LogP contribution is -2.37. The SMILES string of the molecule is CNS(=O)(=O)c1ccc(C(=O)NCC(C)(C)c2c(Cl)cccc2Cl)cc1. The monoisotopic (exact) mass is 414 g/mol. The zero-order chi connectivity index (χ0) is 19.5. The van der Waals surface area contributed by atoms with E-state index in [-0.39, 0.29) is 10.8 Å². The minimum absolute atomic E-state index is 0.0970. The van der Waals surface area contributed by atoms with Crippen molar-refractivity contribution in [1.29, 1.82) is 0 Å². The molecule has 0 aromatic heterocycles. The van der Waals surface area contributed by atoms with Crippen LogP contribution >= 0.6 is 23.2 Å². The third-order valence-corrected chi connectivity index (χ3v) is 6.09. The van der Waals surface area contributed by atoms with E-state index >= 15 is 0 Å². The van der Waals surface area contributed by atoms with E-state index in [0.29, 0.717) is 22.2 Å². The number of sulfonamides is 1. The highest BCUT2D eigenvalue weighted by Gasteiger charge is 2.27. The first-order valence-electron chi connectivity index (χ1n) is 7.85. The second kappa shape index (κ2) is 7.96. The van der Waals surface area contributed by atoms with Crippen LogP contribution in [-0.4, -0.2) is 27.9 Å². The Morgan fingerprint density at radius 1 is 1.04 bits per heavy atom. The standard InChI is InChI=1S/C18H20Cl2N2O3S/c1-18(2,16-14(19)5-4-6-15(16)20)11-22-17(23)12-7-9-13(10-8-12)26(24,25)21-3/h4-10,21H,11H2,1-3H3,(H,22,23). The molecule has 1 amide bonds. The molecule has 0 aliphatic heterocycles. The summed E-state index contributed by atoms with van der Waals surface area (Å²) in [6, 6.07) is 11.0. The predicted octanol–water partition coefficient (Wildman–Crippen LogP) is 3.61. The number of rotatable bonds is 6. The second-order valence-corrected chi connectivity index (χ2v) is 9.10.